The highest BCUT2D eigenvalue weighted by Gasteiger charge is 2.32. The minimum absolute atomic E-state index is 0. The third-order valence-corrected chi connectivity index (χ3v) is 5.13. The van der Waals surface area contributed by atoms with Crippen LogP contribution in [0.3, 0.4) is 0 Å². The second-order valence-corrected chi connectivity index (χ2v) is 8.62. The van der Waals surface area contributed by atoms with Crippen molar-refractivity contribution in [2.24, 2.45) is 0 Å². The van der Waals surface area contributed by atoms with Crippen molar-refractivity contribution >= 4 is 31.4 Å². The lowest BCUT2D eigenvalue weighted by Crippen LogP contribution is -3.00. The van der Waals surface area contributed by atoms with E-state index in [1.165, 1.54) is 11.8 Å². The lowest BCUT2D eigenvalue weighted by Gasteiger charge is -2.11. The molecule has 0 N–H and O–H groups in total. The standard InChI is InChI=1S/C13H13F3N3.C7H10N2.C6H3ClF3N.B.ClH/c1-18(2)11-5-7-19(8-6-11)12-4-3-10(9-17-12)13(14,15)16;1-9(2)7-3-5-8-6-4-7;7-5-2-1-4(3-11-5)6(8,9)10;;/h3-9H,1-2H3;3-6H,1-2H3;1-3H;;1H/q+1;;;;/p-1. The van der Waals surface area contributed by atoms with Gasteiger partial charge in [-0.3, -0.25) is 4.98 Å². The van der Waals surface area contributed by atoms with E-state index >= 15 is 0 Å². The van der Waals surface area contributed by atoms with Crippen molar-refractivity contribution in [3.8, 4) is 5.82 Å². The van der Waals surface area contributed by atoms with E-state index in [4.69, 9.17) is 11.6 Å². The summed E-state index contributed by atoms with van der Waals surface area (Å²) in [7, 11) is 7.84. The van der Waals surface area contributed by atoms with Crippen molar-refractivity contribution in [1.29, 1.82) is 0 Å². The van der Waals surface area contributed by atoms with Gasteiger partial charge in [-0.1, -0.05) is 11.6 Å². The van der Waals surface area contributed by atoms with Crippen molar-refractivity contribution in [3.63, 3.8) is 0 Å². The molecule has 41 heavy (non-hydrogen) atoms. The Bertz CT molecular complexity index is 1270. The molecule has 4 aromatic heterocycles. The molecule has 15 heteroatoms. The van der Waals surface area contributed by atoms with Gasteiger partial charge >= 0.3 is 18.2 Å². The van der Waals surface area contributed by atoms with Crippen LogP contribution in [0.25, 0.3) is 5.82 Å². The smallest absolute Gasteiger partial charge is 0.420 e. The fourth-order valence-corrected chi connectivity index (χ4v) is 2.87. The van der Waals surface area contributed by atoms with Crippen LogP contribution in [0.15, 0.2) is 85.7 Å². The maximum Gasteiger partial charge on any atom is 0.420 e. The van der Waals surface area contributed by atoms with Crippen LogP contribution in [-0.4, -0.2) is 51.6 Å². The van der Waals surface area contributed by atoms with Gasteiger partial charge in [0, 0.05) is 84.8 Å². The van der Waals surface area contributed by atoms with Crippen LogP contribution in [0.1, 0.15) is 11.1 Å². The van der Waals surface area contributed by atoms with Crippen LogP contribution < -0.4 is 26.8 Å². The lowest BCUT2D eigenvalue weighted by molar-refractivity contribution is -0.599. The number of nitrogens with zero attached hydrogens (tertiary/aromatic N) is 6. The van der Waals surface area contributed by atoms with E-state index in [2.05, 4.69) is 15.0 Å². The average Bonchev–Trinajstić information content (AvgIpc) is 2.89. The molecule has 0 saturated heterocycles. The molecule has 0 bridgehead atoms. The van der Waals surface area contributed by atoms with Crippen molar-refractivity contribution in [3.05, 3.63) is 102 Å². The fraction of sp³-hybridized carbons (Fsp3) is 0.231. The van der Waals surface area contributed by atoms with Gasteiger partial charge < -0.3 is 22.2 Å². The predicted octanol–water partition coefficient (Wildman–Crippen LogP) is 2.97. The van der Waals surface area contributed by atoms with E-state index < -0.39 is 23.5 Å². The highest BCUT2D eigenvalue weighted by molar-refractivity contribution is 6.29. The molecule has 0 spiro atoms. The topological polar surface area (TPSA) is 49.0 Å². The number of alkyl halides is 6. The summed E-state index contributed by atoms with van der Waals surface area (Å²) in [5.41, 5.74) is 0.650. The van der Waals surface area contributed by atoms with Crippen molar-refractivity contribution in [2.45, 2.75) is 12.4 Å². The minimum Gasteiger partial charge on any atom is -1.00 e. The Morgan fingerprint density at radius 2 is 1.10 bits per heavy atom. The van der Waals surface area contributed by atoms with Gasteiger partial charge in [0.2, 0.25) is 0 Å². The first kappa shape index (κ1) is 37.4. The third-order valence-electron chi connectivity index (χ3n) is 4.90. The maximum atomic E-state index is 12.4. The second-order valence-electron chi connectivity index (χ2n) is 8.23. The summed E-state index contributed by atoms with van der Waals surface area (Å²) in [5.74, 6) is 0.443. The van der Waals surface area contributed by atoms with E-state index in [-0.39, 0.29) is 26.0 Å². The summed E-state index contributed by atoms with van der Waals surface area (Å²) in [5, 5.41) is 0.0537. The number of hydrogen-bond acceptors (Lipinski definition) is 5. The van der Waals surface area contributed by atoms with Crippen LogP contribution in [0.2, 0.25) is 5.15 Å². The molecule has 0 atom stereocenters. The SMILES string of the molecule is CN(C)c1cc[n+](-c2ccc(C(F)(F)F)cn2)cc1.CN(C)c1ccncc1.FC(F)(F)c1ccc(Cl)nc1.[B].[Cl-]. The van der Waals surface area contributed by atoms with Crippen LogP contribution in [0.4, 0.5) is 37.7 Å². The number of anilines is 2. The Morgan fingerprint density at radius 3 is 1.44 bits per heavy atom. The van der Waals surface area contributed by atoms with Crippen molar-refractivity contribution < 1.29 is 43.3 Å². The molecule has 0 amide bonds. The molecule has 0 fully saturated rings. The molecule has 4 aromatic rings. The summed E-state index contributed by atoms with van der Waals surface area (Å²) in [4.78, 5) is 15.0. The summed E-state index contributed by atoms with van der Waals surface area (Å²) < 4.78 is 74.4. The van der Waals surface area contributed by atoms with Crippen LogP contribution in [0.5, 0.6) is 0 Å². The number of hydrogen-bond donors (Lipinski definition) is 0. The zero-order valence-electron chi connectivity index (χ0n) is 22.4. The van der Waals surface area contributed by atoms with Crippen LogP contribution in [0, 0.1) is 0 Å². The predicted molar refractivity (Wildman–Crippen MR) is 144 cm³/mol. The zero-order chi connectivity index (χ0) is 29.2. The van der Waals surface area contributed by atoms with Gasteiger partial charge in [0.05, 0.1) is 23.5 Å². The molecule has 6 nitrogen and oxygen atoms in total. The average molecular weight is 618 g/mol. The Morgan fingerprint density at radius 1 is 0.659 bits per heavy atom. The van der Waals surface area contributed by atoms with Crippen molar-refractivity contribution in [1.82, 2.24) is 15.0 Å². The van der Waals surface area contributed by atoms with Gasteiger partial charge in [-0.25, -0.2) is 9.55 Å². The Hall–Kier alpha value is -3.58. The molecule has 0 aliphatic heterocycles. The first-order valence-electron chi connectivity index (χ1n) is 11.2. The summed E-state index contributed by atoms with van der Waals surface area (Å²) in [6.45, 7) is 0. The summed E-state index contributed by atoms with van der Waals surface area (Å²) in [6.07, 6.45) is -0.0758. The van der Waals surface area contributed by atoms with Gasteiger partial charge in [0.15, 0.2) is 6.20 Å². The lowest BCUT2D eigenvalue weighted by atomic mass is 10.3. The first-order valence-corrected chi connectivity index (χ1v) is 11.5. The molecular formula is C26H26BCl2F6N6. The molecule has 4 heterocycles. The fourth-order valence-electron chi connectivity index (χ4n) is 2.76. The number of rotatable bonds is 3. The monoisotopic (exact) mass is 617 g/mol. The van der Waals surface area contributed by atoms with Gasteiger partial charge in [0.25, 0.3) is 0 Å². The molecule has 0 aromatic carbocycles. The second kappa shape index (κ2) is 16.6. The van der Waals surface area contributed by atoms with E-state index in [9.17, 15) is 26.3 Å². The molecule has 0 aliphatic rings. The highest BCUT2D eigenvalue weighted by atomic mass is 35.5. The number of aromatic nitrogens is 4. The third kappa shape index (κ3) is 12.6. The minimum atomic E-state index is -4.36. The van der Waals surface area contributed by atoms with E-state index in [0.717, 1.165) is 30.1 Å². The normalized spacial score (nSPS) is 10.4. The van der Waals surface area contributed by atoms with Crippen LogP contribution in [-0.2, 0) is 12.4 Å². The Balaban J connectivity index is 0.000000623. The zero-order valence-corrected chi connectivity index (χ0v) is 23.9. The highest BCUT2D eigenvalue weighted by Crippen LogP contribution is 2.29. The van der Waals surface area contributed by atoms with E-state index in [0.29, 0.717) is 12.0 Å². The Labute approximate surface area is 247 Å². The first-order chi connectivity index (χ1) is 18.2. The summed E-state index contributed by atoms with van der Waals surface area (Å²) >= 11 is 5.28. The van der Waals surface area contributed by atoms with Crippen molar-refractivity contribution in [2.75, 3.05) is 38.0 Å². The van der Waals surface area contributed by atoms with Gasteiger partial charge in [-0.15, -0.1) is 0 Å². The quantitative estimate of drug-likeness (QED) is 0.153. The molecule has 4 rings (SSSR count). The van der Waals surface area contributed by atoms with Gasteiger partial charge in [0.1, 0.15) is 5.15 Å². The molecule has 0 saturated carbocycles. The summed E-state index contributed by atoms with van der Waals surface area (Å²) in [6, 6.07) is 12.0. The molecular weight excluding hydrogens is 592 g/mol. The molecule has 0 aliphatic carbocycles. The van der Waals surface area contributed by atoms with E-state index in [1.807, 2.05) is 62.3 Å². The van der Waals surface area contributed by atoms with Gasteiger partial charge in [-0.05, 0) is 35.3 Å². The molecule has 0 unspecified atom stereocenters. The van der Waals surface area contributed by atoms with Crippen LogP contribution >= 0.6 is 11.6 Å². The molecule has 3 radical (unpaired) electrons. The Kier molecular flexibility index (Phi) is 15.2. The molecule has 219 valence electrons. The number of halogens is 8. The number of pyridine rings is 4. The van der Waals surface area contributed by atoms with E-state index in [1.54, 1.807) is 29.4 Å². The maximum absolute atomic E-state index is 12.4. The van der Waals surface area contributed by atoms with Gasteiger partial charge in [-0.2, -0.15) is 26.3 Å². The largest absolute Gasteiger partial charge is 1.00 e.